The molecule has 4 N–H and O–H groups in total. The minimum absolute atomic E-state index is 0.276. The van der Waals surface area contributed by atoms with Crippen molar-refractivity contribution in [3.05, 3.63) is 11.9 Å². The highest BCUT2D eigenvalue weighted by atomic mass is 15.3. The molecule has 0 bridgehead atoms. The maximum atomic E-state index is 5.44. The topological polar surface area (TPSA) is 75.9 Å². The van der Waals surface area contributed by atoms with Crippen LogP contribution in [0, 0.1) is 5.92 Å². The molecular formula is C13H25N5. The summed E-state index contributed by atoms with van der Waals surface area (Å²) < 4.78 is 0. The monoisotopic (exact) mass is 251 g/mol. The third-order valence-corrected chi connectivity index (χ3v) is 2.99. The van der Waals surface area contributed by atoms with Crippen molar-refractivity contribution in [2.75, 3.05) is 10.7 Å². The molecule has 1 unspecified atom stereocenters. The first-order valence-corrected chi connectivity index (χ1v) is 6.60. The zero-order chi connectivity index (χ0) is 13.7. The van der Waals surface area contributed by atoms with Gasteiger partial charge in [-0.1, -0.05) is 34.6 Å². The van der Waals surface area contributed by atoms with Crippen molar-refractivity contribution in [2.45, 2.75) is 53.0 Å². The number of nitrogens with two attached hydrogens (primary N) is 1. The van der Waals surface area contributed by atoms with Crippen LogP contribution >= 0.6 is 0 Å². The lowest BCUT2D eigenvalue weighted by molar-refractivity contribution is 0.509. The summed E-state index contributed by atoms with van der Waals surface area (Å²) in [5.41, 5.74) is 2.59. The normalized spacial score (nSPS) is 12.9. The number of anilines is 2. The first-order chi connectivity index (χ1) is 8.47. The highest BCUT2D eigenvalue weighted by Gasteiger charge is 2.13. The Balaban J connectivity index is 2.97. The van der Waals surface area contributed by atoms with Gasteiger partial charge in [0.1, 0.15) is 17.5 Å². The second-order valence-corrected chi connectivity index (χ2v) is 5.20. The van der Waals surface area contributed by atoms with E-state index < -0.39 is 0 Å². The van der Waals surface area contributed by atoms with Crippen molar-refractivity contribution in [1.29, 1.82) is 0 Å². The van der Waals surface area contributed by atoms with E-state index in [4.69, 9.17) is 5.84 Å². The molecule has 1 heterocycles. The minimum atomic E-state index is 0.276. The van der Waals surface area contributed by atoms with Gasteiger partial charge in [-0.3, -0.25) is 0 Å². The van der Waals surface area contributed by atoms with Crippen LogP contribution in [0.15, 0.2) is 6.07 Å². The van der Waals surface area contributed by atoms with E-state index >= 15 is 0 Å². The zero-order valence-corrected chi connectivity index (χ0v) is 12.0. The molecule has 0 saturated carbocycles. The second-order valence-electron chi connectivity index (χ2n) is 5.20. The first kappa shape index (κ1) is 14.7. The van der Waals surface area contributed by atoms with Gasteiger partial charge in [-0.15, -0.1) is 0 Å². The number of nitrogen functional groups attached to an aromatic ring is 1. The predicted octanol–water partition coefficient (Wildman–Crippen LogP) is 2.73. The summed E-state index contributed by atoms with van der Waals surface area (Å²) in [5, 5.41) is 3.45. The molecule has 0 aromatic carbocycles. The van der Waals surface area contributed by atoms with Crippen LogP contribution in [0.5, 0.6) is 0 Å². The van der Waals surface area contributed by atoms with Crippen LogP contribution in [0.3, 0.4) is 0 Å². The highest BCUT2D eigenvalue weighted by Crippen LogP contribution is 2.19. The SMILES string of the molecule is CCC(Nc1cc(NN)nc(C(C)C)n1)C(C)C. The summed E-state index contributed by atoms with van der Waals surface area (Å²) in [7, 11) is 0. The summed E-state index contributed by atoms with van der Waals surface area (Å²) in [4.78, 5) is 8.88. The number of rotatable bonds is 6. The molecule has 1 atom stereocenters. The van der Waals surface area contributed by atoms with Gasteiger partial charge in [0.15, 0.2) is 0 Å². The maximum Gasteiger partial charge on any atom is 0.145 e. The fourth-order valence-electron chi connectivity index (χ4n) is 1.80. The van der Waals surface area contributed by atoms with E-state index in [0.717, 1.165) is 18.1 Å². The lowest BCUT2D eigenvalue weighted by Crippen LogP contribution is -2.25. The van der Waals surface area contributed by atoms with E-state index in [1.165, 1.54) is 0 Å². The van der Waals surface area contributed by atoms with Gasteiger partial charge < -0.3 is 10.7 Å². The Bertz CT molecular complexity index is 376. The molecule has 0 fully saturated rings. The summed E-state index contributed by atoms with van der Waals surface area (Å²) in [5.74, 6) is 8.56. The van der Waals surface area contributed by atoms with Gasteiger partial charge in [0, 0.05) is 18.0 Å². The number of hydrazine groups is 1. The van der Waals surface area contributed by atoms with E-state index in [-0.39, 0.29) is 5.92 Å². The zero-order valence-electron chi connectivity index (χ0n) is 12.0. The van der Waals surface area contributed by atoms with E-state index in [1.54, 1.807) is 0 Å². The van der Waals surface area contributed by atoms with Gasteiger partial charge in [-0.05, 0) is 12.3 Å². The van der Waals surface area contributed by atoms with Crippen molar-refractivity contribution >= 4 is 11.6 Å². The molecule has 0 spiro atoms. The number of nitrogens with one attached hydrogen (secondary N) is 2. The Morgan fingerprint density at radius 3 is 2.22 bits per heavy atom. The van der Waals surface area contributed by atoms with Gasteiger partial charge in [0.25, 0.3) is 0 Å². The van der Waals surface area contributed by atoms with Crippen LogP contribution in [0.4, 0.5) is 11.6 Å². The molecule has 18 heavy (non-hydrogen) atoms. The fourth-order valence-corrected chi connectivity index (χ4v) is 1.80. The van der Waals surface area contributed by atoms with Gasteiger partial charge in [-0.2, -0.15) is 0 Å². The van der Waals surface area contributed by atoms with Crippen LogP contribution in [0.1, 0.15) is 52.8 Å². The maximum absolute atomic E-state index is 5.44. The van der Waals surface area contributed by atoms with Gasteiger partial charge in [0.05, 0.1) is 0 Å². The Labute approximate surface area is 110 Å². The van der Waals surface area contributed by atoms with Crippen molar-refractivity contribution in [3.8, 4) is 0 Å². The van der Waals surface area contributed by atoms with E-state index in [9.17, 15) is 0 Å². The average Bonchev–Trinajstić information content (AvgIpc) is 2.34. The standard InChI is InChI=1S/C13H25N5/c1-6-10(8(2)3)15-11-7-12(18-14)17-13(16-11)9(4)5/h7-10H,6,14H2,1-5H3,(H2,15,16,17,18). The molecule has 5 heteroatoms. The number of nitrogens with zero attached hydrogens (tertiary/aromatic N) is 2. The van der Waals surface area contributed by atoms with Crippen molar-refractivity contribution in [2.24, 2.45) is 11.8 Å². The van der Waals surface area contributed by atoms with E-state index in [2.05, 4.69) is 55.3 Å². The average molecular weight is 251 g/mol. The molecule has 5 nitrogen and oxygen atoms in total. The van der Waals surface area contributed by atoms with Crippen molar-refractivity contribution in [1.82, 2.24) is 9.97 Å². The third kappa shape index (κ3) is 3.84. The number of hydrogen-bond acceptors (Lipinski definition) is 5. The number of aromatic nitrogens is 2. The molecule has 1 rings (SSSR count). The molecule has 0 aliphatic carbocycles. The summed E-state index contributed by atoms with van der Waals surface area (Å²) in [6, 6.07) is 2.25. The Morgan fingerprint density at radius 2 is 1.78 bits per heavy atom. The van der Waals surface area contributed by atoms with Gasteiger partial charge in [-0.25, -0.2) is 15.8 Å². The molecule has 1 aromatic heterocycles. The van der Waals surface area contributed by atoms with Crippen molar-refractivity contribution in [3.63, 3.8) is 0 Å². The fraction of sp³-hybridized carbons (Fsp3) is 0.692. The van der Waals surface area contributed by atoms with Gasteiger partial charge in [0.2, 0.25) is 0 Å². The largest absolute Gasteiger partial charge is 0.367 e. The molecule has 0 radical (unpaired) electrons. The molecule has 0 aliphatic rings. The molecular weight excluding hydrogens is 226 g/mol. The van der Waals surface area contributed by atoms with Crippen LogP contribution in [-0.4, -0.2) is 16.0 Å². The molecule has 102 valence electrons. The van der Waals surface area contributed by atoms with E-state index in [1.807, 2.05) is 6.07 Å². The third-order valence-electron chi connectivity index (χ3n) is 2.99. The van der Waals surface area contributed by atoms with Crippen LogP contribution < -0.4 is 16.6 Å². The second kappa shape index (κ2) is 6.54. The molecule has 1 aromatic rings. The lowest BCUT2D eigenvalue weighted by Gasteiger charge is -2.22. The van der Waals surface area contributed by atoms with Crippen LogP contribution in [0.25, 0.3) is 0 Å². The van der Waals surface area contributed by atoms with E-state index in [0.29, 0.717) is 17.8 Å². The smallest absolute Gasteiger partial charge is 0.145 e. The summed E-state index contributed by atoms with van der Waals surface area (Å²) >= 11 is 0. The van der Waals surface area contributed by atoms with Crippen LogP contribution in [0.2, 0.25) is 0 Å². The molecule has 0 saturated heterocycles. The Hall–Kier alpha value is -1.36. The van der Waals surface area contributed by atoms with Crippen molar-refractivity contribution < 1.29 is 0 Å². The van der Waals surface area contributed by atoms with Gasteiger partial charge >= 0.3 is 0 Å². The summed E-state index contributed by atoms with van der Waals surface area (Å²) in [6.07, 6.45) is 1.06. The first-order valence-electron chi connectivity index (χ1n) is 6.60. The minimum Gasteiger partial charge on any atom is -0.367 e. The molecule has 0 aliphatic heterocycles. The molecule has 0 amide bonds. The quantitative estimate of drug-likeness (QED) is 0.535. The Kier molecular flexibility index (Phi) is 5.34. The van der Waals surface area contributed by atoms with Crippen LogP contribution in [-0.2, 0) is 0 Å². The lowest BCUT2D eigenvalue weighted by atomic mass is 10.0. The Morgan fingerprint density at radius 1 is 1.17 bits per heavy atom. The highest BCUT2D eigenvalue weighted by molar-refractivity contribution is 5.47. The summed E-state index contributed by atoms with van der Waals surface area (Å²) in [6.45, 7) is 10.7. The predicted molar refractivity (Wildman–Crippen MR) is 76.5 cm³/mol. The number of hydrogen-bond donors (Lipinski definition) is 3.